The number of rotatable bonds is 9. The molecule has 230 valence electrons. The maximum Gasteiger partial charge on any atom is 0.397 e. The molecule has 10 nitrogen and oxygen atoms in total. The fourth-order valence-corrected chi connectivity index (χ4v) is 5.90. The summed E-state index contributed by atoms with van der Waals surface area (Å²) in [7, 11) is 2.15. The Morgan fingerprint density at radius 1 is 1.02 bits per heavy atom. The van der Waals surface area contributed by atoms with E-state index < -0.39 is 18.5 Å². The van der Waals surface area contributed by atoms with Gasteiger partial charge in [0.25, 0.3) is 0 Å². The number of hydrogen-bond acceptors (Lipinski definition) is 8. The summed E-state index contributed by atoms with van der Waals surface area (Å²) in [5.41, 5.74) is 4.25. The second-order valence-electron chi connectivity index (χ2n) is 11.5. The van der Waals surface area contributed by atoms with E-state index in [0.29, 0.717) is 11.5 Å². The topological polar surface area (TPSA) is 105 Å². The van der Waals surface area contributed by atoms with Gasteiger partial charge in [-0.3, -0.25) is 14.6 Å². The Labute approximate surface area is 249 Å². The van der Waals surface area contributed by atoms with Gasteiger partial charge in [-0.2, -0.15) is 18.4 Å². The van der Waals surface area contributed by atoms with Gasteiger partial charge in [-0.25, -0.2) is 9.97 Å². The van der Waals surface area contributed by atoms with Gasteiger partial charge in [-0.15, -0.1) is 0 Å². The third-order valence-corrected chi connectivity index (χ3v) is 8.45. The van der Waals surface area contributed by atoms with Gasteiger partial charge in [-0.05, 0) is 50.1 Å². The zero-order valence-electron chi connectivity index (χ0n) is 24.6. The summed E-state index contributed by atoms with van der Waals surface area (Å²) < 4.78 is 39.5. The highest BCUT2D eigenvalue weighted by Gasteiger charge is 2.31. The Morgan fingerprint density at radius 2 is 1.74 bits per heavy atom. The van der Waals surface area contributed by atoms with E-state index >= 15 is 0 Å². The van der Waals surface area contributed by atoms with Crippen LogP contribution >= 0.6 is 0 Å². The highest BCUT2D eigenvalue weighted by atomic mass is 19.4. The Balaban J connectivity index is 1.16. The number of benzene rings is 1. The number of piperazine rings is 1. The summed E-state index contributed by atoms with van der Waals surface area (Å²) >= 11 is 0. The first kappa shape index (κ1) is 30.7. The fraction of sp³-hybridized carbons (Fsp3) is 0.533. The number of likely N-dealkylation sites (N-methyl/N-ethyl adjacent to an activating group) is 1. The molecular formula is C30H38F3N9O. The van der Waals surface area contributed by atoms with Crippen molar-refractivity contribution in [2.45, 2.75) is 51.5 Å². The third kappa shape index (κ3) is 8.01. The first-order valence-electron chi connectivity index (χ1n) is 14.7. The summed E-state index contributed by atoms with van der Waals surface area (Å²) in [5.74, 6) is -0.671. The van der Waals surface area contributed by atoms with Crippen molar-refractivity contribution in [1.82, 2.24) is 29.2 Å². The van der Waals surface area contributed by atoms with Crippen LogP contribution in [0.1, 0.15) is 36.1 Å². The number of nitrogens with zero attached hydrogens (tertiary/aromatic N) is 7. The van der Waals surface area contributed by atoms with Crippen LogP contribution in [0.15, 0.2) is 30.6 Å². The van der Waals surface area contributed by atoms with Crippen LogP contribution in [0.5, 0.6) is 0 Å². The molecule has 13 heteroatoms. The number of aryl methyl sites for hydroxylation is 1. The lowest BCUT2D eigenvalue weighted by Gasteiger charge is -2.33. The monoisotopic (exact) mass is 597 g/mol. The maximum atomic E-state index is 12.5. The lowest BCUT2D eigenvalue weighted by Crippen LogP contribution is -2.45. The molecule has 1 amide bonds. The lowest BCUT2D eigenvalue weighted by molar-refractivity contribution is -0.150. The number of halogens is 3. The molecule has 43 heavy (non-hydrogen) atoms. The lowest BCUT2D eigenvalue weighted by atomic mass is 10.0. The summed E-state index contributed by atoms with van der Waals surface area (Å²) in [4.78, 5) is 26.8. The quantitative estimate of drug-likeness (QED) is 0.384. The zero-order valence-corrected chi connectivity index (χ0v) is 24.6. The average Bonchev–Trinajstić information content (AvgIpc) is 3.33. The number of anilines is 2. The molecule has 2 fully saturated rings. The summed E-state index contributed by atoms with van der Waals surface area (Å²) in [6.07, 6.45) is -3.19. The number of carbonyl (C=O) groups is 1. The molecule has 3 aromatic rings. The zero-order chi connectivity index (χ0) is 30.6. The standard InChI is InChI=1S/C30H38F3N9O/c1-21-22(3-4-26-25(21)15-24(18-34)42(26)14-13-40-11-9-39(2)10-12-40)19-41-7-5-23(6-8-41)37-27-16-28(36-20-35-27)38-29(43)17-30(31,32)33/h3-4,15-16,20,23H,5-14,17,19H2,1-2H3,(H2,35,36,37,38,43). The largest absolute Gasteiger partial charge is 0.397 e. The maximum absolute atomic E-state index is 12.5. The van der Waals surface area contributed by atoms with Crippen molar-refractivity contribution in [3.8, 4) is 6.07 Å². The molecule has 2 N–H and O–H groups in total. The van der Waals surface area contributed by atoms with Crippen molar-refractivity contribution in [2.75, 3.05) is 63.5 Å². The van der Waals surface area contributed by atoms with Crippen molar-refractivity contribution < 1.29 is 18.0 Å². The molecule has 2 aliphatic heterocycles. The minimum Gasteiger partial charge on any atom is -0.367 e. The van der Waals surface area contributed by atoms with E-state index in [9.17, 15) is 23.2 Å². The predicted molar refractivity (Wildman–Crippen MR) is 159 cm³/mol. The van der Waals surface area contributed by atoms with Gasteiger partial charge in [0.15, 0.2) is 0 Å². The highest BCUT2D eigenvalue weighted by molar-refractivity contribution is 5.90. The molecule has 5 rings (SSSR count). The number of aromatic nitrogens is 3. The summed E-state index contributed by atoms with van der Waals surface area (Å²) in [6.45, 7) is 10.7. The van der Waals surface area contributed by atoms with Crippen LogP contribution in [0.4, 0.5) is 24.8 Å². The van der Waals surface area contributed by atoms with Crippen molar-refractivity contribution >= 4 is 28.4 Å². The number of likely N-dealkylation sites (tertiary alicyclic amines) is 1. The number of nitrogens with one attached hydrogen (secondary N) is 2. The van der Waals surface area contributed by atoms with E-state index in [-0.39, 0.29) is 11.9 Å². The van der Waals surface area contributed by atoms with Gasteiger partial charge in [0.1, 0.15) is 36.1 Å². The Hall–Kier alpha value is -3.73. The smallest absolute Gasteiger partial charge is 0.367 e. The Bertz CT molecular complexity index is 1470. The van der Waals surface area contributed by atoms with Crippen LogP contribution in [0.3, 0.4) is 0 Å². The number of alkyl halides is 3. The molecule has 2 saturated heterocycles. The van der Waals surface area contributed by atoms with Gasteiger partial charge >= 0.3 is 6.18 Å². The number of fused-ring (bicyclic) bond motifs is 1. The van der Waals surface area contributed by atoms with Crippen molar-refractivity contribution in [3.05, 3.63) is 47.4 Å². The minimum atomic E-state index is -4.58. The second kappa shape index (κ2) is 13.3. The van der Waals surface area contributed by atoms with E-state index in [1.165, 1.54) is 23.5 Å². The molecule has 0 unspecified atom stereocenters. The molecule has 0 spiro atoms. The number of nitriles is 1. The third-order valence-electron chi connectivity index (χ3n) is 8.45. The number of piperidine rings is 1. The molecule has 0 atom stereocenters. The Kier molecular flexibility index (Phi) is 9.49. The molecule has 0 saturated carbocycles. The van der Waals surface area contributed by atoms with E-state index in [4.69, 9.17) is 0 Å². The normalized spacial score (nSPS) is 17.7. The first-order chi connectivity index (χ1) is 20.6. The second-order valence-corrected chi connectivity index (χ2v) is 11.5. The number of amides is 1. The van der Waals surface area contributed by atoms with Crippen LogP contribution in [0, 0.1) is 18.3 Å². The SMILES string of the molecule is Cc1c(CN2CCC(Nc3cc(NC(=O)CC(F)(F)F)ncn3)CC2)ccc2c1cc(C#N)n2CCN1CCN(C)CC1. The summed E-state index contributed by atoms with van der Waals surface area (Å²) in [5, 5.41) is 16.5. The molecular weight excluding hydrogens is 559 g/mol. The van der Waals surface area contributed by atoms with E-state index in [2.05, 4.69) is 72.0 Å². The molecule has 0 radical (unpaired) electrons. The van der Waals surface area contributed by atoms with E-state index in [1.54, 1.807) is 0 Å². The van der Waals surface area contributed by atoms with Crippen molar-refractivity contribution in [2.24, 2.45) is 0 Å². The van der Waals surface area contributed by atoms with Crippen LogP contribution < -0.4 is 10.6 Å². The Morgan fingerprint density at radius 3 is 2.44 bits per heavy atom. The number of hydrogen-bond donors (Lipinski definition) is 2. The van der Waals surface area contributed by atoms with Crippen molar-refractivity contribution in [1.29, 1.82) is 5.26 Å². The summed E-state index contributed by atoms with van der Waals surface area (Å²) in [6, 6.07) is 10.3. The van der Waals surface area contributed by atoms with Crippen LogP contribution in [0.2, 0.25) is 0 Å². The molecule has 2 aliphatic rings. The molecule has 1 aromatic carbocycles. The van der Waals surface area contributed by atoms with Gasteiger partial charge < -0.3 is 20.1 Å². The van der Waals surface area contributed by atoms with Gasteiger partial charge in [0.2, 0.25) is 5.91 Å². The van der Waals surface area contributed by atoms with Crippen LogP contribution in [-0.4, -0.2) is 100 Å². The molecule has 4 heterocycles. The minimum absolute atomic E-state index is 0.0303. The molecule has 2 aromatic heterocycles. The molecule has 0 bridgehead atoms. The van der Waals surface area contributed by atoms with E-state index in [0.717, 1.165) is 82.6 Å². The number of carbonyl (C=O) groups excluding carboxylic acids is 1. The molecule has 0 aliphatic carbocycles. The predicted octanol–water partition coefficient (Wildman–Crippen LogP) is 3.83. The fourth-order valence-electron chi connectivity index (χ4n) is 5.90. The highest BCUT2D eigenvalue weighted by Crippen LogP contribution is 2.28. The van der Waals surface area contributed by atoms with E-state index in [1.807, 2.05) is 6.07 Å². The average molecular weight is 598 g/mol. The van der Waals surface area contributed by atoms with Gasteiger partial charge in [0.05, 0.1) is 0 Å². The van der Waals surface area contributed by atoms with Gasteiger partial charge in [0, 0.05) is 81.9 Å². The van der Waals surface area contributed by atoms with Gasteiger partial charge in [-0.1, -0.05) is 6.07 Å². The first-order valence-corrected chi connectivity index (χ1v) is 14.7. The van der Waals surface area contributed by atoms with Crippen LogP contribution in [-0.2, 0) is 17.9 Å². The van der Waals surface area contributed by atoms with Crippen LogP contribution in [0.25, 0.3) is 10.9 Å². The van der Waals surface area contributed by atoms with Crippen molar-refractivity contribution in [3.63, 3.8) is 0 Å².